The van der Waals surface area contributed by atoms with Gasteiger partial charge >= 0.3 is 6.03 Å². The van der Waals surface area contributed by atoms with E-state index in [4.69, 9.17) is 0 Å². The van der Waals surface area contributed by atoms with Crippen molar-refractivity contribution >= 4 is 23.1 Å². The molecule has 0 radical (unpaired) electrons. The first-order chi connectivity index (χ1) is 11.4. The first-order valence-electron chi connectivity index (χ1n) is 7.39. The van der Waals surface area contributed by atoms with E-state index >= 15 is 0 Å². The van der Waals surface area contributed by atoms with Crippen LogP contribution in [0.15, 0.2) is 41.1 Å². The van der Waals surface area contributed by atoms with E-state index in [0.717, 1.165) is 5.56 Å². The van der Waals surface area contributed by atoms with Crippen LogP contribution in [-0.2, 0) is 12.0 Å². The first kappa shape index (κ1) is 17.9. The Kier molecular flexibility index (Phi) is 5.88. The number of thiophene rings is 1. The normalized spacial score (nSPS) is 13.1. The third-order valence-electron chi connectivity index (χ3n) is 3.60. The average molecular weight is 349 g/mol. The molecule has 0 bridgehead atoms. The molecular weight excluding hydrogens is 330 g/mol. The lowest BCUT2D eigenvalue weighted by Crippen LogP contribution is -2.43. The number of aliphatic hydroxyl groups is 1. The van der Waals surface area contributed by atoms with Gasteiger partial charge in [0.15, 0.2) is 0 Å². The van der Waals surface area contributed by atoms with Crippen molar-refractivity contribution in [3.05, 3.63) is 62.3 Å². The number of hydrogen-bond acceptors (Lipinski definition) is 5. The van der Waals surface area contributed by atoms with Crippen molar-refractivity contribution < 1.29 is 14.8 Å². The maximum Gasteiger partial charge on any atom is 0.314 e. The van der Waals surface area contributed by atoms with Crippen molar-refractivity contribution in [2.75, 3.05) is 13.1 Å². The average Bonchev–Trinajstić information content (AvgIpc) is 3.09. The summed E-state index contributed by atoms with van der Waals surface area (Å²) in [6, 6.07) is 7.81. The summed E-state index contributed by atoms with van der Waals surface area (Å²) in [6.07, 6.45) is 0.353. The second kappa shape index (κ2) is 7.89. The van der Waals surface area contributed by atoms with E-state index in [2.05, 4.69) is 10.6 Å². The zero-order valence-corrected chi connectivity index (χ0v) is 14.0. The quantitative estimate of drug-likeness (QED) is 0.527. The summed E-state index contributed by atoms with van der Waals surface area (Å²) < 4.78 is 0. The number of nitro groups is 1. The molecule has 1 heterocycles. The van der Waals surface area contributed by atoms with Gasteiger partial charge in [-0.3, -0.25) is 10.1 Å². The molecule has 0 aliphatic heterocycles. The Labute approximate surface area is 143 Å². The van der Waals surface area contributed by atoms with Crippen molar-refractivity contribution in [1.29, 1.82) is 0 Å². The fourth-order valence-electron chi connectivity index (χ4n) is 2.20. The minimum absolute atomic E-state index is 0.0418. The molecule has 1 aromatic carbocycles. The Morgan fingerprint density at radius 3 is 2.75 bits per heavy atom. The number of carbonyl (C=O) groups is 1. The molecule has 24 heavy (non-hydrogen) atoms. The number of para-hydroxylation sites is 1. The zero-order chi connectivity index (χ0) is 17.6. The van der Waals surface area contributed by atoms with Gasteiger partial charge in [0.05, 0.1) is 11.5 Å². The number of urea groups is 1. The van der Waals surface area contributed by atoms with Gasteiger partial charge in [0.1, 0.15) is 5.60 Å². The Hall–Kier alpha value is -2.45. The van der Waals surface area contributed by atoms with E-state index in [-0.39, 0.29) is 18.8 Å². The Bertz CT molecular complexity index is 701. The highest BCUT2D eigenvalue weighted by molar-refractivity contribution is 7.08. The fraction of sp³-hybridized carbons (Fsp3) is 0.312. The second-order valence-corrected chi connectivity index (χ2v) is 6.31. The Morgan fingerprint density at radius 1 is 1.33 bits per heavy atom. The zero-order valence-electron chi connectivity index (χ0n) is 13.2. The van der Waals surface area contributed by atoms with Crippen LogP contribution in [0.5, 0.6) is 0 Å². The van der Waals surface area contributed by atoms with Crippen LogP contribution in [0.1, 0.15) is 18.1 Å². The highest BCUT2D eigenvalue weighted by Crippen LogP contribution is 2.22. The molecule has 8 heteroatoms. The van der Waals surface area contributed by atoms with Crippen molar-refractivity contribution in [2.45, 2.75) is 18.9 Å². The molecule has 7 nitrogen and oxygen atoms in total. The highest BCUT2D eigenvalue weighted by atomic mass is 32.1. The standard InChI is InChI=1S/C16H19N3O4S/c1-16(21,13-7-9-24-10-13)11-18-15(20)17-8-6-12-4-2-3-5-14(12)19(22)23/h2-5,7,9-10,21H,6,8,11H2,1H3,(H2,17,18,20)/t16-/m0/s1. The van der Waals surface area contributed by atoms with Gasteiger partial charge < -0.3 is 15.7 Å². The van der Waals surface area contributed by atoms with Gasteiger partial charge in [0.2, 0.25) is 0 Å². The molecule has 0 spiro atoms. The van der Waals surface area contributed by atoms with Crippen LogP contribution < -0.4 is 10.6 Å². The van der Waals surface area contributed by atoms with Crippen LogP contribution in [0.25, 0.3) is 0 Å². The van der Waals surface area contributed by atoms with Gasteiger partial charge in [-0.25, -0.2) is 4.79 Å². The third-order valence-corrected chi connectivity index (χ3v) is 4.29. The number of rotatable bonds is 7. The largest absolute Gasteiger partial charge is 0.384 e. The molecule has 3 N–H and O–H groups in total. The SMILES string of the molecule is C[C@](O)(CNC(=O)NCCc1ccccc1[N+](=O)[O-])c1ccsc1. The Morgan fingerprint density at radius 2 is 2.08 bits per heavy atom. The molecule has 2 amide bonds. The topological polar surface area (TPSA) is 104 Å². The van der Waals surface area contributed by atoms with Gasteiger partial charge in [0.25, 0.3) is 5.69 Å². The highest BCUT2D eigenvalue weighted by Gasteiger charge is 2.24. The molecule has 2 rings (SSSR count). The van der Waals surface area contributed by atoms with Crippen molar-refractivity contribution in [3.63, 3.8) is 0 Å². The number of nitrogens with zero attached hydrogens (tertiary/aromatic N) is 1. The minimum atomic E-state index is -1.14. The molecule has 1 aromatic heterocycles. The van der Waals surface area contributed by atoms with Crippen LogP contribution in [0.4, 0.5) is 10.5 Å². The van der Waals surface area contributed by atoms with Gasteiger partial charge in [-0.15, -0.1) is 0 Å². The summed E-state index contributed by atoms with van der Waals surface area (Å²) in [5, 5.41) is 30.2. The molecule has 2 aromatic rings. The predicted octanol–water partition coefficient (Wildman–Crippen LogP) is 2.41. The summed E-state index contributed by atoms with van der Waals surface area (Å²) in [5.74, 6) is 0. The smallest absolute Gasteiger partial charge is 0.314 e. The van der Waals surface area contributed by atoms with Crippen LogP contribution in [0.3, 0.4) is 0 Å². The lowest BCUT2D eigenvalue weighted by Gasteiger charge is -2.22. The van der Waals surface area contributed by atoms with E-state index in [1.807, 2.05) is 10.8 Å². The third kappa shape index (κ3) is 4.77. The van der Waals surface area contributed by atoms with E-state index in [0.29, 0.717) is 12.0 Å². The number of nitro benzene ring substituents is 1. The predicted molar refractivity (Wildman–Crippen MR) is 92.1 cm³/mol. The van der Waals surface area contributed by atoms with Crippen LogP contribution in [-0.4, -0.2) is 29.2 Å². The van der Waals surface area contributed by atoms with Crippen molar-refractivity contribution in [1.82, 2.24) is 10.6 Å². The molecule has 0 unspecified atom stereocenters. The fourth-order valence-corrected chi connectivity index (χ4v) is 2.98. The number of amides is 2. The maximum absolute atomic E-state index is 11.8. The van der Waals surface area contributed by atoms with E-state index in [1.54, 1.807) is 31.2 Å². The molecule has 0 aliphatic rings. The first-order valence-corrected chi connectivity index (χ1v) is 8.33. The van der Waals surface area contributed by atoms with Gasteiger partial charge in [-0.2, -0.15) is 11.3 Å². The lowest BCUT2D eigenvalue weighted by molar-refractivity contribution is -0.385. The van der Waals surface area contributed by atoms with E-state index in [9.17, 15) is 20.0 Å². The number of hydrogen-bond donors (Lipinski definition) is 3. The van der Waals surface area contributed by atoms with Crippen molar-refractivity contribution in [3.8, 4) is 0 Å². The second-order valence-electron chi connectivity index (χ2n) is 5.53. The molecule has 0 fully saturated rings. The van der Waals surface area contributed by atoms with E-state index < -0.39 is 16.6 Å². The monoisotopic (exact) mass is 349 g/mol. The number of carbonyl (C=O) groups excluding carboxylic acids is 1. The molecular formula is C16H19N3O4S. The summed E-state index contributed by atoms with van der Waals surface area (Å²) >= 11 is 1.47. The van der Waals surface area contributed by atoms with Crippen LogP contribution in [0.2, 0.25) is 0 Å². The van der Waals surface area contributed by atoms with Crippen molar-refractivity contribution in [2.24, 2.45) is 0 Å². The van der Waals surface area contributed by atoms with Gasteiger partial charge in [-0.05, 0) is 35.7 Å². The van der Waals surface area contributed by atoms with Crippen LogP contribution in [0, 0.1) is 10.1 Å². The van der Waals surface area contributed by atoms with E-state index in [1.165, 1.54) is 17.4 Å². The Balaban J connectivity index is 1.79. The van der Waals surface area contributed by atoms with Crippen LogP contribution >= 0.6 is 11.3 Å². The molecule has 0 aliphatic carbocycles. The lowest BCUT2D eigenvalue weighted by atomic mass is 9.99. The molecule has 0 saturated heterocycles. The summed E-state index contributed by atoms with van der Waals surface area (Å²) in [7, 11) is 0. The number of benzene rings is 1. The molecule has 128 valence electrons. The summed E-state index contributed by atoms with van der Waals surface area (Å²) in [5.41, 5.74) is 0.205. The number of nitrogens with one attached hydrogen (secondary N) is 2. The minimum Gasteiger partial charge on any atom is -0.384 e. The van der Waals surface area contributed by atoms with Gasteiger partial charge in [0, 0.05) is 18.2 Å². The summed E-state index contributed by atoms with van der Waals surface area (Å²) in [6.45, 7) is 1.96. The molecule has 0 saturated carbocycles. The molecule has 1 atom stereocenters. The van der Waals surface area contributed by atoms with Gasteiger partial charge in [-0.1, -0.05) is 18.2 Å². The maximum atomic E-state index is 11.8. The summed E-state index contributed by atoms with van der Waals surface area (Å²) in [4.78, 5) is 22.3.